The zero-order valence-electron chi connectivity index (χ0n) is 11.4. The number of hydrogen-bond donors (Lipinski definition) is 2. The summed E-state index contributed by atoms with van der Waals surface area (Å²) in [5.41, 5.74) is 6.98. The van der Waals surface area contributed by atoms with Gasteiger partial charge in [-0.25, -0.2) is 0 Å². The van der Waals surface area contributed by atoms with E-state index in [2.05, 4.69) is 5.32 Å². The zero-order chi connectivity index (χ0) is 14.4. The molecular formula is C16H18N2O2. The van der Waals surface area contributed by atoms with Crippen LogP contribution in [-0.4, -0.2) is 12.0 Å². The van der Waals surface area contributed by atoms with Crippen LogP contribution >= 0.6 is 0 Å². The Bertz CT molecular complexity index is 552. The van der Waals surface area contributed by atoms with E-state index >= 15 is 0 Å². The number of carbonyl (C=O) groups is 1. The minimum Gasteiger partial charge on any atom is -0.481 e. The third-order valence-electron chi connectivity index (χ3n) is 2.86. The van der Waals surface area contributed by atoms with Crippen LogP contribution in [0.3, 0.4) is 0 Å². The average Bonchev–Trinajstić information content (AvgIpc) is 2.48. The second kappa shape index (κ2) is 6.61. The number of anilines is 2. The molecule has 2 rings (SSSR count). The van der Waals surface area contributed by atoms with Crippen molar-refractivity contribution in [3.63, 3.8) is 0 Å². The number of para-hydroxylation sites is 1. The number of ether oxygens (including phenoxy) is 1. The minimum absolute atomic E-state index is 0.166. The third-order valence-corrected chi connectivity index (χ3v) is 2.86. The SMILES string of the molecule is CCC(Oc1ccccc1)C(=O)Nc1ccc(N)cc1. The first-order valence-corrected chi connectivity index (χ1v) is 6.57. The molecule has 3 N–H and O–H groups in total. The summed E-state index contributed by atoms with van der Waals surface area (Å²) in [7, 11) is 0. The molecule has 0 spiro atoms. The van der Waals surface area contributed by atoms with Gasteiger partial charge < -0.3 is 15.8 Å². The van der Waals surface area contributed by atoms with Crippen LogP contribution in [0.1, 0.15) is 13.3 Å². The van der Waals surface area contributed by atoms with E-state index in [-0.39, 0.29) is 5.91 Å². The monoisotopic (exact) mass is 270 g/mol. The highest BCUT2D eigenvalue weighted by Crippen LogP contribution is 2.15. The summed E-state index contributed by atoms with van der Waals surface area (Å²) in [5, 5.41) is 2.82. The van der Waals surface area contributed by atoms with Gasteiger partial charge in [0.15, 0.2) is 6.10 Å². The van der Waals surface area contributed by atoms with E-state index in [1.807, 2.05) is 37.3 Å². The van der Waals surface area contributed by atoms with Crippen molar-refractivity contribution in [2.24, 2.45) is 0 Å². The van der Waals surface area contributed by atoms with Gasteiger partial charge in [0.2, 0.25) is 0 Å². The number of nitrogen functional groups attached to an aromatic ring is 1. The maximum absolute atomic E-state index is 12.2. The standard InChI is InChI=1S/C16H18N2O2/c1-2-15(20-14-6-4-3-5-7-14)16(19)18-13-10-8-12(17)9-11-13/h3-11,15H,2,17H2,1H3,(H,18,19). The summed E-state index contributed by atoms with van der Waals surface area (Å²) < 4.78 is 5.68. The van der Waals surface area contributed by atoms with Gasteiger partial charge in [-0.1, -0.05) is 25.1 Å². The highest BCUT2D eigenvalue weighted by Gasteiger charge is 2.18. The first-order chi connectivity index (χ1) is 9.69. The van der Waals surface area contributed by atoms with E-state index in [0.29, 0.717) is 23.5 Å². The number of hydrogen-bond acceptors (Lipinski definition) is 3. The Kier molecular flexibility index (Phi) is 4.60. The molecule has 1 atom stereocenters. The fraction of sp³-hybridized carbons (Fsp3) is 0.188. The summed E-state index contributed by atoms with van der Waals surface area (Å²) in [5.74, 6) is 0.521. The topological polar surface area (TPSA) is 64.3 Å². The molecule has 0 aliphatic rings. The number of rotatable bonds is 5. The highest BCUT2D eigenvalue weighted by molar-refractivity contribution is 5.94. The van der Waals surface area contributed by atoms with Crippen molar-refractivity contribution >= 4 is 17.3 Å². The maximum atomic E-state index is 12.2. The van der Waals surface area contributed by atoms with Gasteiger partial charge in [0.1, 0.15) is 5.75 Å². The average molecular weight is 270 g/mol. The van der Waals surface area contributed by atoms with Crippen LogP contribution in [0.25, 0.3) is 0 Å². The number of nitrogens with one attached hydrogen (secondary N) is 1. The van der Waals surface area contributed by atoms with E-state index in [4.69, 9.17) is 10.5 Å². The fourth-order valence-electron chi connectivity index (χ4n) is 1.77. The summed E-state index contributed by atoms with van der Waals surface area (Å²) in [6, 6.07) is 16.3. The zero-order valence-corrected chi connectivity index (χ0v) is 11.4. The molecule has 20 heavy (non-hydrogen) atoms. The van der Waals surface area contributed by atoms with E-state index in [9.17, 15) is 4.79 Å². The molecule has 0 fully saturated rings. The van der Waals surface area contributed by atoms with Crippen LogP contribution in [0.5, 0.6) is 5.75 Å². The van der Waals surface area contributed by atoms with Crippen LogP contribution in [0.15, 0.2) is 54.6 Å². The van der Waals surface area contributed by atoms with Crippen molar-refractivity contribution < 1.29 is 9.53 Å². The summed E-state index contributed by atoms with van der Waals surface area (Å²) in [6.07, 6.45) is 0.0744. The normalized spacial score (nSPS) is 11.7. The van der Waals surface area contributed by atoms with Crippen molar-refractivity contribution in [2.45, 2.75) is 19.4 Å². The van der Waals surface area contributed by atoms with Gasteiger partial charge in [-0.05, 0) is 42.8 Å². The van der Waals surface area contributed by atoms with E-state index in [0.717, 1.165) is 0 Å². The van der Waals surface area contributed by atoms with Crippen molar-refractivity contribution in [2.75, 3.05) is 11.1 Å². The predicted octanol–water partition coefficient (Wildman–Crippen LogP) is 3.06. The van der Waals surface area contributed by atoms with Crippen LogP contribution in [0.4, 0.5) is 11.4 Å². The van der Waals surface area contributed by atoms with Crippen molar-refractivity contribution in [3.05, 3.63) is 54.6 Å². The molecule has 1 amide bonds. The molecule has 0 heterocycles. The third kappa shape index (κ3) is 3.75. The minimum atomic E-state index is -0.519. The first-order valence-electron chi connectivity index (χ1n) is 6.57. The van der Waals surface area contributed by atoms with Gasteiger partial charge in [-0.15, -0.1) is 0 Å². The molecule has 0 saturated heterocycles. The lowest BCUT2D eigenvalue weighted by molar-refractivity contribution is -0.122. The van der Waals surface area contributed by atoms with E-state index in [1.165, 1.54) is 0 Å². The molecule has 4 nitrogen and oxygen atoms in total. The summed E-state index contributed by atoms with van der Waals surface area (Å²) >= 11 is 0. The summed E-state index contributed by atoms with van der Waals surface area (Å²) in [6.45, 7) is 1.91. The Morgan fingerprint density at radius 3 is 2.40 bits per heavy atom. The first kappa shape index (κ1) is 13.9. The van der Waals surface area contributed by atoms with Gasteiger partial charge in [0.05, 0.1) is 0 Å². The second-order valence-electron chi connectivity index (χ2n) is 4.44. The van der Waals surface area contributed by atoms with E-state index in [1.54, 1.807) is 24.3 Å². The molecule has 2 aromatic carbocycles. The number of benzene rings is 2. The lowest BCUT2D eigenvalue weighted by Crippen LogP contribution is -2.32. The van der Waals surface area contributed by atoms with Crippen LogP contribution in [0, 0.1) is 0 Å². The quantitative estimate of drug-likeness (QED) is 0.821. The van der Waals surface area contributed by atoms with Crippen molar-refractivity contribution in [1.29, 1.82) is 0 Å². The van der Waals surface area contributed by atoms with E-state index < -0.39 is 6.10 Å². The Labute approximate surface area is 118 Å². The van der Waals surface area contributed by atoms with Crippen LogP contribution in [0.2, 0.25) is 0 Å². The number of nitrogens with two attached hydrogens (primary N) is 1. The molecule has 0 aromatic heterocycles. The van der Waals surface area contributed by atoms with Crippen molar-refractivity contribution in [3.8, 4) is 5.75 Å². The lowest BCUT2D eigenvalue weighted by atomic mass is 10.2. The molecule has 0 aliphatic heterocycles. The Morgan fingerprint density at radius 1 is 1.15 bits per heavy atom. The largest absolute Gasteiger partial charge is 0.481 e. The van der Waals surface area contributed by atoms with Crippen molar-refractivity contribution in [1.82, 2.24) is 0 Å². The highest BCUT2D eigenvalue weighted by atomic mass is 16.5. The van der Waals surface area contributed by atoms with Gasteiger partial charge in [0, 0.05) is 11.4 Å². The number of carbonyl (C=O) groups excluding carboxylic acids is 1. The van der Waals surface area contributed by atoms with Gasteiger partial charge in [0.25, 0.3) is 5.91 Å². The van der Waals surface area contributed by atoms with Gasteiger partial charge in [-0.3, -0.25) is 4.79 Å². The Hall–Kier alpha value is -2.49. The molecule has 0 radical (unpaired) electrons. The van der Waals surface area contributed by atoms with Gasteiger partial charge in [-0.2, -0.15) is 0 Å². The molecule has 4 heteroatoms. The Balaban J connectivity index is 2.00. The maximum Gasteiger partial charge on any atom is 0.265 e. The van der Waals surface area contributed by atoms with Crippen LogP contribution in [-0.2, 0) is 4.79 Å². The second-order valence-corrected chi connectivity index (χ2v) is 4.44. The molecule has 104 valence electrons. The fourth-order valence-corrected chi connectivity index (χ4v) is 1.77. The summed E-state index contributed by atoms with van der Waals surface area (Å²) in [4.78, 5) is 12.2. The molecule has 1 unspecified atom stereocenters. The molecule has 0 saturated carbocycles. The Morgan fingerprint density at radius 2 is 1.80 bits per heavy atom. The lowest BCUT2D eigenvalue weighted by Gasteiger charge is -2.17. The number of amides is 1. The molecule has 0 bridgehead atoms. The van der Waals surface area contributed by atoms with Gasteiger partial charge >= 0.3 is 0 Å². The predicted molar refractivity (Wildman–Crippen MR) is 80.6 cm³/mol. The van der Waals surface area contributed by atoms with Crippen LogP contribution < -0.4 is 15.8 Å². The molecular weight excluding hydrogens is 252 g/mol. The smallest absolute Gasteiger partial charge is 0.265 e. The molecule has 0 aliphatic carbocycles. The molecule has 2 aromatic rings.